The molecule has 1 saturated heterocycles. The van der Waals surface area contributed by atoms with Gasteiger partial charge in [-0.15, -0.1) is 0 Å². The van der Waals surface area contributed by atoms with E-state index in [0.717, 1.165) is 24.9 Å². The molecule has 4 rings (SSSR count). The van der Waals surface area contributed by atoms with E-state index in [1.807, 2.05) is 0 Å². The Morgan fingerprint density at radius 2 is 1.80 bits per heavy atom. The highest BCUT2D eigenvalue weighted by atomic mass is 15.3. The molecule has 2 saturated carbocycles. The maximum Gasteiger partial charge on any atom is 0.225 e. The maximum atomic E-state index is 4.79. The molecule has 2 aliphatic carbocycles. The SMILES string of the molecule is CN1CCN(CCNc2cc(C3CC3)nc(NC3CCCC3)n2)CC1. The molecule has 0 spiro atoms. The van der Waals surface area contributed by atoms with Crippen LogP contribution >= 0.6 is 0 Å². The van der Waals surface area contributed by atoms with Gasteiger partial charge < -0.3 is 15.5 Å². The number of nitrogens with one attached hydrogen (secondary N) is 2. The Balaban J connectivity index is 1.33. The van der Waals surface area contributed by atoms with E-state index in [1.54, 1.807) is 0 Å². The average molecular weight is 345 g/mol. The molecule has 0 atom stereocenters. The fraction of sp³-hybridized carbons (Fsp3) is 0.789. The zero-order valence-electron chi connectivity index (χ0n) is 15.5. The molecule has 2 heterocycles. The van der Waals surface area contributed by atoms with Crippen LogP contribution in [0.25, 0.3) is 0 Å². The Hall–Kier alpha value is -1.40. The Morgan fingerprint density at radius 1 is 1.04 bits per heavy atom. The molecule has 6 heteroatoms. The molecular weight excluding hydrogens is 312 g/mol. The van der Waals surface area contributed by atoms with E-state index in [-0.39, 0.29) is 0 Å². The predicted molar refractivity (Wildman–Crippen MR) is 102 cm³/mol. The second-order valence-electron chi connectivity index (χ2n) is 7.97. The molecule has 0 bridgehead atoms. The van der Waals surface area contributed by atoms with Crippen LogP contribution in [0.1, 0.15) is 50.1 Å². The zero-order chi connectivity index (χ0) is 17.1. The van der Waals surface area contributed by atoms with Gasteiger partial charge >= 0.3 is 0 Å². The second kappa shape index (κ2) is 7.87. The van der Waals surface area contributed by atoms with Gasteiger partial charge in [-0.3, -0.25) is 4.90 Å². The van der Waals surface area contributed by atoms with Gasteiger partial charge in [-0.2, -0.15) is 4.98 Å². The predicted octanol–water partition coefficient (Wildman–Crippen LogP) is 2.37. The first-order valence-corrected chi connectivity index (χ1v) is 10.1. The van der Waals surface area contributed by atoms with E-state index < -0.39 is 0 Å². The summed E-state index contributed by atoms with van der Waals surface area (Å²) in [4.78, 5) is 14.5. The van der Waals surface area contributed by atoms with Crippen LogP contribution in [0.15, 0.2) is 6.07 Å². The second-order valence-corrected chi connectivity index (χ2v) is 7.97. The van der Waals surface area contributed by atoms with Crippen LogP contribution in [-0.2, 0) is 0 Å². The molecule has 1 aromatic heterocycles. The minimum absolute atomic E-state index is 0.563. The summed E-state index contributed by atoms with van der Waals surface area (Å²) in [6.07, 6.45) is 7.72. The van der Waals surface area contributed by atoms with Gasteiger partial charge in [-0.25, -0.2) is 4.98 Å². The first kappa shape index (κ1) is 17.0. The van der Waals surface area contributed by atoms with Crippen LogP contribution in [0, 0.1) is 0 Å². The van der Waals surface area contributed by atoms with Crippen molar-refractivity contribution >= 4 is 11.8 Å². The number of likely N-dealkylation sites (N-methyl/N-ethyl adjacent to an activating group) is 1. The quantitative estimate of drug-likeness (QED) is 0.792. The lowest BCUT2D eigenvalue weighted by atomic mass is 10.2. The lowest BCUT2D eigenvalue weighted by Crippen LogP contribution is -2.45. The van der Waals surface area contributed by atoms with Crippen molar-refractivity contribution in [3.05, 3.63) is 11.8 Å². The van der Waals surface area contributed by atoms with Gasteiger partial charge in [0.2, 0.25) is 5.95 Å². The lowest BCUT2D eigenvalue weighted by Gasteiger charge is -2.32. The largest absolute Gasteiger partial charge is 0.369 e. The third kappa shape index (κ3) is 4.82. The Bertz CT molecular complexity index is 559. The molecule has 1 aliphatic heterocycles. The first-order valence-electron chi connectivity index (χ1n) is 10.1. The molecule has 3 aliphatic rings. The van der Waals surface area contributed by atoms with E-state index in [4.69, 9.17) is 9.97 Å². The third-order valence-corrected chi connectivity index (χ3v) is 5.76. The summed E-state index contributed by atoms with van der Waals surface area (Å²) in [5.41, 5.74) is 1.22. The van der Waals surface area contributed by atoms with Gasteiger partial charge in [-0.05, 0) is 32.7 Å². The topological polar surface area (TPSA) is 56.3 Å². The van der Waals surface area contributed by atoms with Crippen LogP contribution in [-0.4, -0.2) is 72.1 Å². The summed E-state index contributed by atoms with van der Waals surface area (Å²) >= 11 is 0. The van der Waals surface area contributed by atoms with Gasteiger partial charge in [-0.1, -0.05) is 12.8 Å². The Labute approximate surface area is 151 Å². The van der Waals surface area contributed by atoms with Gasteiger partial charge in [0.25, 0.3) is 0 Å². The van der Waals surface area contributed by atoms with Crippen molar-refractivity contribution in [3.63, 3.8) is 0 Å². The molecule has 0 aromatic carbocycles. The molecule has 0 amide bonds. The van der Waals surface area contributed by atoms with Crippen molar-refractivity contribution in [2.45, 2.75) is 50.5 Å². The molecule has 6 nitrogen and oxygen atoms in total. The summed E-state index contributed by atoms with van der Waals surface area (Å²) in [7, 11) is 2.20. The van der Waals surface area contributed by atoms with Crippen LogP contribution < -0.4 is 10.6 Å². The van der Waals surface area contributed by atoms with E-state index in [9.17, 15) is 0 Å². The van der Waals surface area contributed by atoms with Crippen LogP contribution in [0.3, 0.4) is 0 Å². The third-order valence-electron chi connectivity index (χ3n) is 5.76. The molecule has 0 radical (unpaired) electrons. The number of nitrogens with zero attached hydrogens (tertiary/aromatic N) is 4. The monoisotopic (exact) mass is 344 g/mol. The number of rotatable bonds is 7. The van der Waals surface area contributed by atoms with Crippen molar-refractivity contribution < 1.29 is 0 Å². The number of aromatic nitrogens is 2. The van der Waals surface area contributed by atoms with Gasteiger partial charge in [0.05, 0.1) is 5.69 Å². The van der Waals surface area contributed by atoms with Crippen molar-refractivity contribution in [1.82, 2.24) is 19.8 Å². The smallest absolute Gasteiger partial charge is 0.225 e. The van der Waals surface area contributed by atoms with E-state index in [1.165, 1.54) is 70.4 Å². The highest BCUT2D eigenvalue weighted by Crippen LogP contribution is 2.40. The average Bonchev–Trinajstić information content (AvgIpc) is 3.35. The minimum atomic E-state index is 0.563. The fourth-order valence-corrected chi connectivity index (χ4v) is 3.88. The molecular formula is C19H32N6. The van der Waals surface area contributed by atoms with Crippen molar-refractivity contribution in [1.29, 1.82) is 0 Å². The molecule has 138 valence electrons. The zero-order valence-corrected chi connectivity index (χ0v) is 15.5. The molecule has 3 fully saturated rings. The number of hydrogen-bond donors (Lipinski definition) is 2. The summed E-state index contributed by atoms with van der Waals surface area (Å²) in [6.45, 7) is 6.73. The number of piperazine rings is 1. The van der Waals surface area contributed by atoms with Crippen LogP contribution in [0.5, 0.6) is 0 Å². The lowest BCUT2D eigenvalue weighted by molar-refractivity contribution is 0.158. The van der Waals surface area contributed by atoms with E-state index >= 15 is 0 Å². The van der Waals surface area contributed by atoms with Crippen molar-refractivity contribution in [2.75, 3.05) is 56.9 Å². The number of hydrogen-bond acceptors (Lipinski definition) is 6. The first-order chi connectivity index (χ1) is 12.3. The van der Waals surface area contributed by atoms with Crippen molar-refractivity contribution in [2.24, 2.45) is 0 Å². The molecule has 25 heavy (non-hydrogen) atoms. The summed E-state index contributed by atoms with van der Waals surface area (Å²) in [5, 5.41) is 7.12. The standard InChI is InChI=1S/C19H32N6/c1-24-10-12-25(13-11-24)9-8-20-18-14-17(15-6-7-15)22-19(23-18)21-16-4-2-3-5-16/h14-16H,2-13H2,1H3,(H2,20,21,22,23). The summed E-state index contributed by atoms with van der Waals surface area (Å²) in [6, 6.07) is 2.73. The maximum absolute atomic E-state index is 4.79. The Kier molecular flexibility index (Phi) is 5.36. The Morgan fingerprint density at radius 3 is 2.52 bits per heavy atom. The number of anilines is 2. The van der Waals surface area contributed by atoms with Crippen molar-refractivity contribution in [3.8, 4) is 0 Å². The molecule has 1 aromatic rings. The van der Waals surface area contributed by atoms with Crippen LogP contribution in [0.2, 0.25) is 0 Å². The van der Waals surface area contributed by atoms with Crippen LogP contribution in [0.4, 0.5) is 11.8 Å². The molecule has 0 unspecified atom stereocenters. The highest BCUT2D eigenvalue weighted by molar-refractivity contribution is 5.44. The summed E-state index contributed by atoms with van der Waals surface area (Å²) in [5.74, 6) is 2.48. The van der Waals surface area contributed by atoms with Gasteiger partial charge in [0.15, 0.2) is 0 Å². The summed E-state index contributed by atoms with van der Waals surface area (Å²) < 4.78 is 0. The minimum Gasteiger partial charge on any atom is -0.369 e. The van der Waals surface area contributed by atoms with Gasteiger partial charge in [0.1, 0.15) is 5.82 Å². The molecule has 2 N–H and O–H groups in total. The van der Waals surface area contributed by atoms with E-state index in [0.29, 0.717) is 12.0 Å². The van der Waals surface area contributed by atoms with E-state index in [2.05, 4.69) is 33.5 Å². The van der Waals surface area contributed by atoms with Gasteiger partial charge in [0, 0.05) is 57.3 Å². The highest BCUT2D eigenvalue weighted by Gasteiger charge is 2.27. The fourth-order valence-electron chi connectivity index (χ4n) is 3.88. The normalized spacial score (nSPS) is 23.1.